The average molecular weight is 193 g/mol. The van der Waals surface area contributed by atoms with E-state index >= 15 is 0 Å². The van der Waals surface area contributed by atoms with Crippen molar-refractivity contribution in [3.8, 4) is 0 Å². The molecule has 14 heavy (non-hydrogen) atoms. The van der Waals surface area contributed by atoms with E-state index in [9.17, 15) is 0 Å². The first-order valence-electron chi connectivity index (χ1n) is 5.35. The predicted octanol–water partition coefficient (Wildman–Crippen LogP) is 2.06. The third-order valence-electron chi connectivity index (χ3n) is 2.79. The van der Waals surface area contributed by atoms with Crippen molar-refractivity contribution in [2.75, 3.05) is 6.54 Å². The molecule has 1 aromatic rings. The summed E-state index contributed by atoms with van der Waals surface area (Å²) in [6.07, 6.45) is 6.60. The van der Waals surface area contributed by atoms with E-state index in [0.717, 1.165) is 6.54 Å². The van der Waals surface area contributed by atoms with Crippen LogP contribution in [0.15, 0.2) is 12.5 Å². The largest absolute Gasteiger partial charge is 0.332 e. The van der Waals surface area contributed by atoms with Gasteiger partial charge < -0.3 is 9.88 Å². The maximum Gasteiger partial charge on any atom is 0.0955 e. The van der Waals surface area contributed by atoms with E-state index < -0.39 is 0 Å². The first-order valence-corrected chi connectivity index (χ1v) is 5.35. The second-order valence-corrected chi connectivity index (χ2v) is 5.03. The molecule has 3 nitrogen and oxygen atoms in total. The quantitative estimate of drug-likeness (QED) is 0.740. The standard InChI is InChI=1S/C11H19N3/c1-11(2,3)14-7-10(13-8-14)9-5-4-6-12-9/h7-9,12H,4-6H2,1-3H3/t9-/m1/s1. The summed E-state index contributed by atoms with van der Waals surface area (Å²) in [6, 6.07) is 0.485. The molecule has 0 amide bonds. The Bertz CT molecular complexity index is 303. The van der Waals surface area contributed by atoms with Crippen LogP contribution in [-0.2, 0) is 5.54 Å². The Labute approximate surface area is 85.5 Å². The Balaban J connectivity index is 2.17. The van der Waals surface area contributed by atoms with Crippen LogP contribution in [0.2, 0.25) is 0 Å². The molecule has 0 saturated carbocycles. The van der Waals surface area contributed by atoms with Crippen molar-refractivity contribution < 1.29 is 0 Å². The molecule has 1 fully saturated rings. The Morgan fingerprint density at radius 2 is 2.29 bits per heavy atom. The van der Waals surface area contributed by atoms with Gasteiger partial charge in [0.1, 0.15) is 0 Å². The lowest BCUT2D eigenvalue weighted by Crippen LogP contribution is -2.20. The number of nitrogens with zero attached hydrogens (tertiary/aromatic N) is 2. The second kappa shape index (κ2) is 3.39. The summed E-state index contributed by atoms with van der Waals surface area (Å²) in [5.74, 6) is 0. The zero-order chi connectivity index (χ0) is 10.2. The van der Waals surface area contributed by atoms with Crippen molar-refractivity contribution in [2.24, 2.45) is 0 Å². The lowest BCUT2D eigenvalue weighted by molar-refractivity contribution is 0.395. The molecule has 1 aromatic heterocycles. The zero-order valence-corrected chi connectivity index (χ0v) is 9.25. The number of hydrogen-bond donors (Lipinski definition) is 1. The molecular weight excluding hydrogens is 174 g/mol. The summed E-state index contributed by atoms with van der Waals surface area (Å²) in [7, 11) is 0. The van der Waals surface area contributed by atoms with E-state index in [1.54, 1.807) is 0 Å². The van der Waals surface area contributed by atoms with Crippen LogP contribution in [-0.4, -0.2) is 16.1 Å². The summed E-state index contributed by atoms with van der Waals surface area (Å²) in [4.78, 5) is 4.47. The Morgan fingerprint density at radius 1 is 1.50 bits per heavy atom. The fourth-order valence-corrected chi connectivity index (χ4v) is 1.82. The van der Waals surface area contributed by atoms with Crippen molar-refractivity contribution in [1.29, 1.82) is 0 Å². The van der Waals surface area contributed by atoms with Crippen LogP contribution in [0.1, 0.15) is 45.3 Å². The molecule has 0 bridgehead atoms. The Kier molecular flexibility index (Phi) is 2.35. The van der Waals surface area contributed by atoms with E-state index in [4.69, 9.17) is 0 Å². The van der Waals surface area contributed by atoms with Crippen LogP contribution in [0, 0.1) is 0 Å². The highest BCUT2D eigenvalue weighted by Crippen LogP contribution is 2.23. The van der Waals surface area contributed by atoms with Gasteiger partial charge in [0, 0.05) is 11.7 Å². The summed E-state index contributed by atoms with van der Waals surface area (Å²) in [5.41, 5.74) is 1.33. The van der Waals surface area contributed by atoms with Gasteiger partial charge in [-0.15, -0.1) is 0 Å². The van der Waals surface area contributed by atoms with Crippen LogP contribution < -0.4 is 5.32 Å². The second-order valence-electron chi connectivity index (χ2n) is 5.03. The van der Waals surface area contributed by atoms with Gasteiger partial charge in [-0.05, 0) is 40.2 Å². The van der Waals surface area contributed by atoms with E-state index in [-0.39, 0.29) is 5.54 Å². The van der Waals surface area contributed by atoms with Crippen molar-refractivity contribution >= 4 is 0 Å². The fourth-order valence-electron chi connectivity index (χ4n) is 1.82. The summed E-state index contributed by atoms with van der Waals surface area (Å²) in [5, 5.41) is 3.46. The monoisotopic (exact) mass is 193 g/mol. The Hall–Kier alpha value is -0.830. The van der Waals surface area contributed by atoms with Crippen molar-refractivity contribution in [1.82, 2.24) is 14.9 Å². The third kappa shape index (κ3) is 1.82. The fraction of sp³-hybridized carbons (Fsp3) is 0.727. The molecule has 0 radical (unpaired) electrons. The minimum absolute atomic E-state index is 0.143. The lowest BCUT2D eigenvalue weighted by Gasteiger charge is -2.20. The normalized spacial score (nSPS) is 22.9. The smallest absolute Gasteiger partial charge is 0.0955 e. The van der Waals surface area contributed by atoms with Crippen molar-refractivity contribution in [3.05, 3.63) is 18.2 Å². The average Bonchev–Trinajstić information content (AvgIpc) is 2.73. The highest BCUT2D eigenvalue weighted by atomic mass is 15.1. The molecule has 1 N–H and O–H groups in total. The molecule has 1 aliphatic heterocycles. The molecule has 3 heteroatoms. The lowest BCUT2D eigenvalue weighted by atomic mass is 10.1. The van der Waals surface area contributed by atoms with Crippen LogP contribution >= 0.6 is 0 Å². The molecule has 2 rings (SSSR count). The van der Waals surface area contributed by atoms with Crippen LogP contribution in [0.25, 0.3) is 0 Å². The van der Waals surface area contributed by atoms with Gasteiger partial charge in [0.05, 0.1) is 18.1 Å². The van der Waals surface area contributed by atoms with Gasteiger partial charge in [-0.25, -0.2) is 4.98 Å². The molecule has 0 aromatic carbocycles. The molecule has 0 aliphatic carbocycles. The van der Waals surface area contributed by atoms with E-state index in [2.05, 4.69) is 41.8 Å². The van der Waals surface area contributed by atoms with Crippen LogP contribution in [0.5, 0.6) is 0 Å². The van der Waals surface area contributed by atoms with Gasteiger partial charge in [-0.3, -0.25) is 0 Å². The van der Waals surface area contributed by atoms with Gasteiger partial charge in [-0.1, -0.05) is 0 Å². The van der Waals surface area contributed by atoms with Crippen LogP contribution in [0.4, 0.5) is 0 Å². The molecular formula is C11H19N3. The van der Waals surface area contributed by atoms with Gasteiger partial charge in [-0.2, -0.15) is 0 Å². The number of rotatable bonds is 1. The SMILES string of the molecule is CC(C)(C)n1cnc([C@H]2CCCN2)c1. The van der Waals surface area contributed by atoms with E-state index in [1.807, 2.05) is 6.33 Å². The van der Waals surface area contributed by atoms with Gasteiger partial charge in [0.25, 0.3) is 0 Å². The molecule has 1 saturated heterocycles. The minimum atomic E-state index is 0.143. The van der Waals surface area contributed by atoms with Gasteiger partial charge in [0.15, 0.2) is 0 Å². The predicted molar refractivity (Wildman–Crippen MR) is 57.2 cm³/mol. The minimum Gasteiger partial charge on any atom is -0.332 e. The molecule has 1 aliphatic rings. The molecule has 0 spiro atoms. The maximum absolute atomic E-state index is 4.47. The first-order chi connectivity index (χ1) is 6.57. The highest BCUT2D eigenvalue weighted by Gasteiger charge is 2.20. The topological polar surface area (TPSA) is 29.9 Å². The molecule has 1 atom stereocenters. The summed E-state index contributed by atoms with van der Waals surface area (Å²) >= 11 is 0. The Morgan fingerprint density at radius 3 is 2.79 bits per heavy atom. The molecule has 78 valence electrons. The van der Waals surface area contributed by atoms with Crippen molar-refractivity contribution in [3.63, 3.8) is 0 Å². The third-order valence-corrected chi connectivity index (χ3v) is 2.79. The first kappa shape index (κ1) is 9.71. The highest BCUT2D eigenvalue weighted by molar-refractivity contribution is 5.07. The summed E-state index contributed by atoms with van der Waals surface area (Å²) in [6.45, 7) is 7.72. The van der Waals surface area contributed by atoms with Gasteiger partial charge >= 0.3 is 0 Å². The maximum atomic E-state index is 4.47. The number of hydrogen-bond acceptors (Lipinski definition) is 2. The van der Waals surface area contributed by atoms with E-state index in [1.165, 1.54) is 18.5 Å². The molecule has 2 heterocycles. The van der Waals surface area contributed by atoms with E-state index in [0.29, 0.717) is 6.04 Å². The van der Waals surface area contributed by atoms with Gasteiger partial charge in [0.2, 0.25) is 0 Å². The number of nitrogens with one attached hydrogen (secondary N) is 1. The number of aromatic nitrogens is 2. The summed E-state index contributed by atoms with van der Waals surface area (Å²) < 4.78 is 2.18. The molecule has 0 unspecified atom stereocenters. The van der Waals surface area contributed by atoms with Crippen LogP contribution in [0.3, 0.4) is 0 Å². The van der Waals surface area contributed by atoms with Crippen molar-refractivity contribution in [2.45, 2.75) is 45.2 Å². The number of imidazole rings is 1. The zero-order valence-electron chi connectivity index (χ0n) is 9.25.